The molecule has 7 nitrogen and oxygen atoms in total. The number of hydrogen-bond acceptors (Lipinski definition) is 6. The van der Waals surface area contributed by atoms with Gasteiger partial charge in [-0.15, -0.1) is 10.2 Å². The van der Waals surface area contributed by atoms with Crippen LogP contribution in [0.3, 0.4) is 0 Å². The molecule has 0 bridgehead atoms. The van der Waals surface area contributed by atoms with Crippen LogP contribution in [0.2, 0.25) is 0 Å². The molecule has 0 spiro atoms. The van der Waals surface area contributed by atoms with Crippen molar-refractivity contribution in [2.24, 2.45) is 0 Å². The van der Waals surface area contributed by atoms with Gasteiger partial charge in [0.05, 0.1) is 13.2 Å². The van der Waals surface area contributed by atoms with Crippen molar-refractivity contribution in [2.75, 3.05) is 25.6 Å². The highest BCUT2D eigenvalue weighted by atomic mass is 32.2. The zero-order valence-electron chi connectivity index (χ0n) is 17.3. The number of fused-ring (bicyclic) bond motifs is 1. The number of carbonyl (C=O) groups is 1. The Morgan fingerprint density at radius 3 is 2.43 bits per heavy atom. The van der Waals surface area contributed by atoms with E-state index < -0.39 is 0 Å². The van der Waals surface area contributed by atoms with Crippen LogP contribution in [-0.2, 0) is 4.79 Å². The predicted octanol–water partition coefficient (Wildman–Crippen LogP) is 3.58. The van der Waals surface area contributed by atoms with Crippen molar-refractivity contribution in [2.45, 2.75) is 30.3 Å². The highest BCUT2D eigenvalue weighted by molar-refractivity contribution is 8.00. The molecule has 8 heteroatoms. The number of rotatable bonds is 6. The van der Waals surface area contributed by atoms with Gasteiger partial charge >= 0.3 is 0 Å². The van der Waals surface area contributed by atoms with E-state index in [0.29, 0.717) is 18.2 Å². The number of nitrogens with one attached hydrogen (secondary N) is 1. The topological polar surface area (TPSA) is 72.3 Å². The first-order valence-electron chi connectivity index (χ1n) is 10.0. The molecule has 30 heavy (non-hydrogen) atoms. The lowest BCUT2D eigenvalue weighted by Gasteiger charge is -2.35. The molecule has 156 valence electrons. The number of amides is 1. The maximum absolute atomic E-state index is 13.3. The van der Waals surface area contributed by atoms with E-state index in [1.165, 1.54) is 11.8 Å². The van der Waals surface area contributed by atoms with Crippen molar-refractivity contribution in [3.05, 3.63) is 60.2 Å². The van der Waals surface area contributed by atoms with Crippen molar-refractivity contribution in [3.8, 4) is 17.1 Å². The summed E-state index contributed by atoms with van der Waals surface area (Å²) in [6.45, 7) is 5.34. The highest BCUT2D eigenvalue weighted by Crippen LogP contribution is 2.39. The minimum Gasteiger partial charge on any atom is -0.497 e. The Morgan fingerprint density at radius 2 is 1.80 bits per heavy atom. The second-order valence-electron chi connectivity index (χ2n) is 6.94. The van der Waals surface area contributed by atoms with E-state index in [9.17, 15) is 4.79 Å². The molecule has 0 saturated heterocycles. The normalized spacial score (nSPS) is 17.7. The molecule has 1 aromatic heterocycles. The number of ether oxygens (including phenoxy) is 1. The van der Waals surface area contributed by atoms with Gasteiger partial charge in [0.15, 0.2) is 5.82 Å². The summed E-state index contributed by atoms with van der Waals surface area (Å²) in [6, 6.07) is 17.5. The average molecular weight is 424 g/mol. The molecule has 2 atom stereocenters. The maximum Gasteiger partial charge on any atom is 0.238 e. The van der Waals surface area contributed by atoms with Crippen LogP contribution in [0.15, 0.2) is 59.8 Å². The van der Waals surface area contributed by atoms with Gasteiger partial charge in [-0.2, -0.15) is 0 Å². The molecule has 0 radical (unpaired) electrons. The van der Waals surface area contributed by atoms with E-state index in [0.717, 1.165) is 22.7 Å². The fourth-order valence-corrected chi connectivity index (χ4v) is 4.76. The molecule has 1 aliphatic rings. The SMILES string of the molecule is CCN(CC)C(=O)[C@@H]1Sc2nnc(-c3ccccc3)n2N[C@@H]1c1ccc(OC)cc1. The van der Waals surface area contributed by atoms with Crippen molar-refractivity contribution in [1.29, 1.82) is 0 Å². The van der Waals surface area contributed by atoms with E-state index in [2.05, 4.69) is 15.6 Å². The number of methoxy groups -OCH3 is 1. The van der Waals surface area contributed by atoms with Crippen LogP contribution in [0.1, 0.15) is 25.5 Å². The first kappa shape index (κ1) is 20.3. The summed E-state index contributed by atoms with van der Waals surface area (Å²) < 4.78 is 7.19. The van der Waals surface area contributed by atoms with Crippen molar-refractivity contribution in [3.63, 3.8) is 0 Å². The second kappa shape index (κ2) is 8.79. The number of hydrogen-bond donors (Lipinski definition) is 1. The minimum atomic E-state index is -0.349. The summed E-state index contributed by atoms with van der Waals surface area (Å²) in [5.74, 6) is 1.60. The van der Waals surface area contributed by atoms with Gasteiger partial charge < -0.3 is 15.1 Å². The van der Waals surface area contributed by atoms with Crippen LogP contribution in [0, 0.1) is 0 Å². The molecule has 1 aliphatic heterocycles. The Kier molecular flexibility index (Phi) is 5.94. The first-order valence-corrected chi connectivity index (χ1v) is 10.9. The fourth-order valence-electron chi connectivity index (χ4n) is 3.59. The predicted molar refractivity (Wildman–Crippen MR) is 118 cm³/mol. The number of aromatic nitrogens is 3. The van der Waals surface area contributed by atoms with Gasteiger partial charge in [0.1, 0.15) is 11.0 Å². The lowest BCUT2D eigenvalue weighted by Crippen LogP contribution is -2.46. The van der Waals surface area contributed by atoms with Crippen molar-refractivity contribution in [1.82, 2.24) is 19.8 Å². The Balaban J connectivity index is 1.75. The molecule has 0 saturated carbocycles. The third kappa shape index (κ3) is 3.75. The summed E-state index contributed by atoms with van der Waals surface area (Å²) >= 11 is 1.46. The summed E-state index contributed by atoms with van der Waals surface area (Å²) in [7, 11) is 1.64. The summed E-state index contributed by atoms with van der Waals surface area (Å²) in [5, 5.41) is 9.08. The number of thioether (sulfide) groups is 1. The van der Waals surface area contributed by atoms with Gasteiger partial charge in [-0.3, -0.25) is 4.79 Å². The smallest absolute Gasteiger partial charge is 0.238 e. The van der Waals surface area contributed by atoms with Gasteiger partial charge in [0.2, 0.25) is 11.1 Å². The molecule has 2 aromatic carbocycles. The summed E-state index contributed by atoms with van der Waals surface area (Å²) in [4.78, 5) is 15.2. The van der Waals surface area contributed by atoms with E-state index in [4.69, 9.17) is 4.74 Å². The van der Waals surface area contributed by atoms with Gasteiger partial charge in [-0.05, 0) is 31.5 Å². The van der Waals surface area contributed by atoms with E-state index in [1.807, 2.05) is 78.0 Å². The molecule has 1 amide bonds. The molecule has 0 aliphatic carbocycles. The number of carbonyl (C=O) groups excluding carboxylic acids is 1. The maximum atomic E-state index is 13.3. The Morgan fingerprint density at radius 1 is 1.10 bits per heavy atom. The fraction of sp³-hybridized carbons (Fsp3) is 0.318. The molecule has 0 fully saturated rings. The molecule has 2 heterocycles. The second-order valence-corrected chi connectivity index (χ2v) is 8.05. The standard InChI is InChI=1S/C22H25N5O2S/c1-4-26(5-2)21(28)19-18(15-11-13-17(29-3)14-12-15)25-27-20(23-24-22(27)30-19)16-9-7-6-8-10-16/h6-14,18-19,25H,4-5H2,1-3H3/t18-,19-/m1/s1. The Bertz CT molecular complexity index is 1000. The van der Waals surface area contributed by atoms with Crippen molar-refractivity contribution < 1.29 is 9.53 Å². The molecule has 3 aromatic rings. The van der Waals surface area contributed by atoms with Crippen LogP contribution in [0.25, 0.3) is 11.4 Å². The number of benzene rings is 2. The van der Waals surface area contributed by atoms with Crippen LogP contribution in [-0.4, -0.2) is 51.1 Å². The van der Waals surface area contributed by atoms with Crippen molar-refractivity contribution >= 4 is 17.7 Å². The Hall–Kier alpha value is -3.00. The minimum absolute atomic E-state index is 0.0915. The molecular weight excluding hydrogens is 398 g/mol. The molecule has 4 rings (SSSR count). The molecular formula is C22H25N5O2S. The van der Waals surface area contributed by atoms with Gasteiger partial charge in [0, 0.05) is 18.7 Å². The largest absolute Gasteiger partial charge is 0.497 e. The van der Waals surface area contributed by atoms with E-state index in [1.54, 1.807) is 7.11 Å². The van der Waals surface area contributed by atoms with Crippen LogP contribution < -0.4 is 10.2 Å². The Labute approximate surface area is 180 Å². The summed E-state index contributed by atoms with van der Waals surface area (Å²) in [5.41, 5.74) is 5.49. The zero-order valence-corrected chi connectivity index (χ0v) is 18.1. The lowest BCUT2D eigenvalue weighted by molar-refractivity contribution is -0.130. The highest BCUT2D eigenvalue weighted by Gasteiger charge is 2.39. The van der Waals surface area contributed by atoms with Gasteiger partial charge in [0.25, 0.3) is 0 Å². The van der Waals surface area contributed by atoms with Gasteiger partial charge in [-0.1, -0.05) is 54.2 Å². The van der Waals surface area contributed by atoms with Crippen LogP contribution in [0.4, 0.5) is 0 Å². The first-order chi connectivity index (χ1) is 14.7. The number of nitrogens with zero attached hydrogens (tertiary/aromatic N) is 4. The molecule has 0 unspecified atom stereocenters. The monoisotopic (exact) mass is 423 g/mol. The average Bonchev–Trinajstić information content (AvgIpc) is 3.22. The lowest BCUT2D eigenvalue weighted by atomic mass is 10.0. The third-order valence-corrected chi connectivity index (χ3v) is 6.46. The van der Waals surface area contributed by atoms with Crippen LogP contribution in [0.5, 0.6) is 5.75 Å². The quantitative estimate of drug-likeness (QED) is 0.653. The zero-order chi connectivity index (χ0) is 21.1. The van der Waals surface area contributed by atoms with Gasteiger partial charge in [-0.25, -0.2) is 4.68 Å². The third-order valence-electron chi connectivity index (χ3n) is 5.26. The summed E-state index contributed by atoms with van der Waals surface area (Å²) in [6.07, 6.45) is 0. The molecule has 1 N–H and O–H groups in total. The van der Waals surface area contributed by atoms with E-state index in [-0.39, 0.29) is 17.2 Å². The van der Waals surface area contributed by atoms with Crippen LogP contribution >= 0.6 is 11.8 Å². The van der Waals surface area contributed by atoms with E-state index >= 15 is 0 Å².